The Labute approximate surface area is 145 Å². The van der Waals surface area contributed by atoms with Crippen LogP contribution in [0.5, 0.6) is 5.75 Å². The summed E-state index contributed by atoms with van der Waals surface area (Å²) in [6.07, 6.45) is -4.32. The number of nitrogens with one attached hydrogen (secondary N) is 2. The van der Waals surface area contributed by atoms with Gasteiger partial charge in [-0.25, -0.2) is 4.99 Å². The molecule has 0 unspecified atom stereocenters. The molecule has 22 heavy (non-hydrogen) atoms. The molecule has 0 amide bonds. The molecule has 0 aliphatic rings. The SMILES string of the molecule is CCNC(=NCc1ccc(OCC(F)(F)F)cc1)NCC.I. The Morgan fingerprint density at radius 3 is 2.09 bits per heavy atom. The van der Waals surface area contributed by atoms with E-state index in [0.29, 0.717) is 12.5 Å². The summed E-state index contributed by atoms with van der Waals surface area (Å²) >= 11 is 0. The van der Waals surface area contributed by atoms with Crippen LogP contribution in [0.2, 0.25) is 0 Å². The number of hydrogen-bond donors (Lipinski definition) is 2. The minimum Gasteiger partial charge on any atom is -0.484 e. The van der Waals surface area contributed by atoms with Gasteiger partial charge in [-0.2, -0.15) is 13.2 Å². The van der Waals surface area contributed by atoms with E-state index in [1.807, 2.05) is 13.8 Å². The molecule has 0 saturated heterocycles. The zero-order valence-corrected chi connectivity index (χ0v) is 14.9. The van der Waals surface area contributed by atoms with E-state index in [0.717, 1.165) is 18.7 Å². The van der Waals surface area contributed by atoms with Crippen molar-refractivity contribution in [3.05, 3.63) is 29.8 Å². The molecule has 0 heterocycles. The van der Waals surface area contributed by atoms with Crippen LogP contribution in [0.15, 0.2) is 29.3 Å². The average Bonchev–Trinajstić information content (AvgIpc) is 2.43. The first-order valence-electron chi connectivity index (χ1n) is 6.75. The van der Waals surface area contributed by atoms with Crippen molar-refractivity contribution in [1.82, 2.24) is 10.6 Å². The number of rotatable bonds is 6. The molecule has 0 radical (unpaired) electrons. The maximum Gasteiger partial charge on any atom is 0.422 e. The normalized spacial score (nSPS) is 10.4. The van der Waals surface area contributed by atoms with Crippen LogP contribution in [0.3, 0.4) is 0 Å². The summed E-state index contributed by atoms with van der Waals surface area (Å²) in [5, 5.41) is 6.18. The number of ether oxygens (including phenoxy) is 1. The van der Waals surface area contributed by atoms with Gasteiger partial charge in [-0.05, 0) is 31.5 Å². The Hall–Kier alpha value is -1.19. The van der Waals surface area contributed by atoms with E-state index in [2.05, 4.69) is 20.4 Å². The van der Waals surface area contributed by atoms with Gasteiger partial charge in [0.25, 0.3) is 0 Å². The van der Waals surface area contributed by atoms with E-state index < -0.39 is 12.8 Å². The van der Waals surface area contributed by atoms with Gasteiger partial charge in [0.05, 0.1) is 6.54 Å². The molecular weight excluding hydrogens is 410 g/mol. The van der Waals surface area contributed by atoms with Crippen LogP contribution >= 0.6 is 24.0 Å². The molecule has 0 aliphatic carbocycles. The number of benzene rings is 1. The topological polar surface area (TPSA) is 45.7 Å². The fourth-order valence-corrected chi connectivity index (χ4v) is 1.54. The second-order valence-corrected chi connectivity index (χ2v) is 4.27. The average molecular weight is 431 g/mol. The maximum atomic E-state index is 12.0. The number of alkyl halides is 3. The summed E-state index contributed by atoms with van der Waals surface area (Å²) in [5.41, 5.74) is 0.891. The lowest BCUT2D eigenvalue weighted by molar-refractivity contribution is -0.153. The molecule has 0 aromatic heterocycles. The Kier molecular flexibility index (Phi) is 9.95. The zero-order valence-electron chi connectivity index (χ0n) is 12.5. The molecule has 2 N–H and O–H groups in total. The highest BCUT2D eigenvalue weighted by Crippen LogP contribution is 2.19. The smallest absolute Gasteiger partial charge is 0.422 e. The third kappa shape index (κ3) is 8.96. The van der Waals surface area contributed by atoms with E-state index in [9.17, 15) is 13.2 Å². The largest absolute Gasteiger partial charge is 0.484 e. The lowest BCUT2D eigenvalue weighted by atomic mass is 10.2. The van der Waals surface area contributed by atoms with Gasteiger partial charge in [-0.15, -0.1) is 24.0 Å². The summed E-state index contributed by atoms with van der Waals surface area (Å²) in [7, 11) is 0. The molecule has 0 atom stereocenters. The van der Waals surface area contributed by atoms with Gasteiger partial charge in [0.2, 0.25) is 0 Å². The second-order valence-electron chi connectivity index (χ2n) is 4.27. The number of aliphatic imine (C=N–C) groups is 1. The lowest BCUT2D eigenvalue weighted by Crippen LogP contribution is -2.36. The Bertz CT molecular complexity index is 442. The van der Waals surface area contributed by atoms with Crippen molar-refractivity contribution in [3.63, 3.8) is 0 Å². The monoisotopic (exact) mass is 431 g/mol. The predicted octanol–water partition coefficient (Wildman–Crippen LogP) is 3.32. The van der Waals surface area contributed by atoms with Crippen LogP contribution in [0.4, 0.5) is 13.2 Å². The van der Waals surface area contributed by atoms with Gasteiger partial charge < -0.3 is 15.4 Å². The fraction of sp³-hybridized carbons (Fsp3) is 0.500. The van der Waals surface area contributed by atoms with Gasteiger partial charge >= 0.3 is 6.18 Å². The van der Waals surface area contributed by atoms with E-state index in [-0.39, 0.29) is 29.7 Å². The predicted molar refractivity (Wildman–Crippen MR) is 91.9 cm³/mol. The molecule has 1 aromatic carbocycles. The highest BCUT2D eigenvalue weighted by atomic mass is 127. The van der Waals surface area contributed by atoms with Crippen molar-refractivity contribution in [1.29, 1.82) is 0 Å². The van der Waals surface area contributed by atoms with Crippen LogP contribution in [-0.2, 0) is 6.54 Å². The van der Waals surface area contributed by atoms with Crippen molar-refractivity contribution in [2.24, 2.45) is 4.99 Å². The molecule has 1 aromatic rings. The molecule has 0 fully saturated rings. The summed E-state index contributed by atoms with van der Waals surface area (Å²) < 4.78 is 40.7. The van der Waals surface area contributed by atoms with E-state index in [4.69, 9.17) is 0 Å². The third-order valence-corrected chi connectivity index (χ3v) is 2.43. The number of hydrogen-bond acceptors (Lipinski definition) is 2. The Morgan fingerprint density at radius 1 is 1.09 bits per heavy atom. The van der Waals surface area contributed by atoms with Crippen molar-refractivity contribution in [2.45, 2.75) is 26.6 Å². The van der Waals surface area contributed by atoms with Crippen molar-refractivity contribution in [2.75, 3.05) is 19.7 Å². The van der Waals surface area contributed by atoms with Crippen molar-refractivity contribution >= 4 is 29.9 Å². The van der Waals surface area contributed by atoms with Gasteiger partial charge in [-0.3, -0.25) is 0 Å². The van der Waals surface area contributed by atoms with Crippen LogP contribution in [-0.4, -0.2) is 31.8 Å². The zero-order chi connectivity index (χ0) is 15.7. The van der Waals surface area contributed by atoms with Crippen LogP contribution in [0.1, 0.15) is 19.4 Å². The van der Waals surface area contributed by atoms with E-state index >= 15 is 0 Å². The van der Waals surface area contributed by atoms with E-state index in [1.54, 1.807) is 12.1 Å². The summed E-state index contributed by atoms with van der Waals surface area (Å²) in [6, 6.07) is 6.42. The minimum atomic E-state index is -4.32. The fourth-order valence-electron chi connectivity index (χ4n) is 1.54. The van der Waals surface area contributed by atoms with Gasteiger partial charge in [0, 0.05) is 13.1 Å². The molecule has 4 nitrogen and oxygen atoms in total. The van der Waals surface area contributed by atoms with Crippen LogP contribution in [0.25, 0.3) is 0 Å². The summed E-state index contributed by atoms with van der Waals surface area (Å²) in [4.78, 5) is 4.36. The van der Waals surface area contributed by atoms with Crippen LogP contribution < -0.4 is 15.4 Å². The molecule has 0 bridgehead atoms. The number of halogens is 4. The first kappa shape index (κ1) is 20.8. The molecule has 8 heteroatoms. The molecule has 126 valence electrons. The molecule has 0 saturated carbocycles. The van der Waals surface area contributed by atoms with Gasteiger partial charge in [0.1, 0.15) is 5.75 Å². The Balaban J connectivity index is 0.00000441. The van der Waals surface area contributed by atoms with E-state index in [1.165, 1.54) is 12.1 Å². The van der Waals surface area contributed by atoms with Crippen molar-refractivity contribution < 1.29 is 17.9 Å². The minimum absolute atomic E-state index is 0. The quantitative estimate of drug-likeness (QED) is 0.413. The van der Waals surface area contributed by atoms with Gasteiger partial charge in [0.15, 0.2) is 12.6 Å². The third-order valence-electron chi connectivity index (χ3n) is 2.43. The highest BCUT2D eigenvalue weighted by Gasteiger charge is 2.28. The number of guanidine groups is 1. The van der Waals surface area contributed by atoms with Crippen molar-refractivity contribution in [3.8, 4) is 5.75 Å². The standard InChI is InChI=1S/C14H20F3N3O.HI/c1-3-18-13(19-4-2)20-9-11-5-7-12(8-6-11)21-10-14(15,16)17;/h5-8H,3-4,9-10H2,1-2H3,(H2,18,19,20);1H. The first-order chi connectivity index (χ1) is 9.94. The molecular formula is C14H21F3IN3O. The molecule has 0 spiro atoms. The Morgan fingerprint density at radius 2 is 1.64 bits per heavy atom. The highest BCUT2D eigenvalue weighted by molar-refractivity contribution is 14.0. The second kappa shape index (κ2) is 10.5. The van der Waals surface area contributed by atoms with Gasteiger partial charge in [-0.1, -0.05) is 12.1 Å². The summed E-state index contributed by atoms with van der Waals surface area (Å²) in [5.74, 6) is 0.899. The summed E-state index contributed by atoms with van der Waals surface area (Å²) in [6.45, 7) is 4.62. The molecule has 1 rings (SSSR count). The van der Waals surface area contributed by atoms with Crippen LogP contribution in [0, 0.1) is 0 Å². The maximum absolute atomic E-state index is 12.0. The molecule has 0 aliphatic heterocycles. The lowest BCUT2D eigenvalue weighted by Gasteiger charge is -2.10. The first-order valence-corrected chi connectivity index (χ1v) is 6.75. The number of nitrogens with zero attached hydrogens (tertiary/aromatic N) is 1.